The van der Waals surface area contributed by atoms with Gasteiger partial charge in [0.1, 0.15) is 5.82 Å². The second-order valence-corrected chi connectivity index (χ2v) is 7.15. The van der Waals surface area contributed by atoms with Crippen molar-refractivity contribution < 1.29 is 4.79 Å². The van der Waals surface area contributed by atoms with Crippen LogP contribution in [-0.4, -0.2) is 42.0 Å². The van der Waals surface area contributed by atoms with E-state index >= 15 is 0 Å². The molecule has 0 radical (unpaired) electrons. The van der Waals surface area contributed by atoms with Crippen molar-refractivity contribution >= 4 is 11.7 Å². The number of hydrogen-bond donors (Lipinski definition) is 0. The molecule has 1 aliphatic rings. The first-order valence-corrected chi connectivity index (χ1v) is 7.78. The molecule has 2 heterocycles. The molecule has 21 heavy (non-hydrogen) atoms. The van der Waals surface area contributed by atoms with Crippen LogP contribution < -0.4 is 4.90 Å². The van der Waals surface area contributed by atoms with E-state index in [1.54, 1.807) is 0 Å². The highest BCUT2D eigenvalue weighted by Crippen LogP contribution is 2.24. The number of carbonyl (C=O) groups is 1. The van der Waals surface area contributed by atoms with Crippen molar-refractivity contribution in [2.75, 3.05) is 25.0 Å². The molecule has 1 fully saturated rings. The van der Waals surface area contributed by atoms with E-state index in [1.807, 2.05) is 30.3 Å². The van der Waals surface area contributed by atoms with Gasteiger partial charge in [-0.2, -0.15) is 0 Å². The number of anilines is 1. The van der Waals surface area contributed by atoms with Crippen LogP contribution in [0, 0.1) is 5.41 Å². The second-order valence-electron chi connectivity index (χ2n) is 7.15. The van der Waals surface area contributed by atoms with Crippen LogP contribution in [0.2, 0.25) is 0 Å². The quantitative estimate of drug-likeness (QED) is 0.858. The first-order valence-electron chi connectivity index (χ1n) is 7.78. The van der Waals surface area contributed by atoms with Crippen molar-refractivity contribution in [3.05, 3.63) is 24.4 Å². The van der Waals surface area contributed by atoms with Crippen LogP contribution in [0.3, 0.4) is 0 Å². The summed E-state index contributed by atoms with van der Waals surface area (Å²) in [5, 5.41) is 0. The van der Waals surface area contributed by atoms with E-state index in [-0.39, 0.29) is 11.3 Å². The summed E-state index contributed by atoms with van der Waals surface area (Å²) in [4.78, 5) is 21.0. The Kier molecular flexibility index (Phi) is 4.86. The van der Waals surface area contributed by atoms with Crippen LogP contribution in [0.5, 0.6) is 0 Å². The maximum atomic E-state index is 12.3. The van der Waals surface area contributed by atoms with Gasteiger partial charge in [0, 0.05) is 38.8 Å². The Balaban J connectivity index is 1.87. The molecule has 0 spiro atoms. The SMILES string of the molecule is CN(C(=O)CC(C)(C)C)C1CCN(c2ccccn2)CC1. The highest BCUT2D eigenvalue weighted by molar-refractivity contribution is 5.76. The van der Waals surface area contributed by atoms with Crippen LogP contribution in [0.15, 0.2) is 24.4 Å². The van der Waals surface area contributed by atoms with Crippen molar-refractivity contribution in [3.8, 4) is 0 Å². The molecule has 0 unspecified atom stereocenters. The van der Waals surface area contributed by atoms with Gasteiger partial charge in [-0.25, -0.2) is 4.98 Å². The molecular weight excluding hydrogens is 262 g/mol. The van der Waals surface area contributed by atoms with Crippen molar-refractivity contribution in [3.63, 3.8) is 0 Å². The van der Waals surface area contributed by atoms with Gasteiger partial charge in [0.15, 0.2) is 0 Å². The molecule has 0 atom stereocenters. The van der Waals surface area contributed by atoms with Gasteiger partial charge < -0.3 is 9.80 Å². The zero-order valence-electron chi connectivity index (χ0n) is 13.7. The average Bonchev–Trinajstić information content (AvgIpc) is 2.46. The van der Waals surface area contributed by atoms with Gasteiger partial charge in [-0.15, -0.1) is 0 Å². The van der Waals surface area contributed by atoms with E-state index in [9.17, 15) is 4.79 Å². The molecule has 1 saturated heterocycles. The van der Waals surface area contributed by atoms with E-state index in [0.29, 0.717) is 12.5 Å². The summed E-state index contributed by atoms with van der Waals surface area (Å²) in [6, 6.07) is 6.37. The number of carbonyl (C=O) groups excluding carboxylic acids is 1. The number of pyridine rings is 1. The first kappa shape index (κ1) is 15.8. The Labute approximate surface area is 128 Å². The zero-order chi connectivity index (χ0) is 15.5. The molecular formula is C17H27N3O. The second kappa shape index (κ2) is 6.46. The van der Waals surface area contributed by atoms with E-state index in [1.165, 1.54) is 0 Å². The van der Waals surface area contributed by atoms with Crippen LogP contribution in [-0.2, 0) is 4.79 Å². The lowest BCUT2D eigenvalue weighted by Crippen LogP contribution is -2.46. The van der Waals surface area contributed by atoms with Crippen molar-refractivity contribution in [2.45, 2.75) is 46.1 Å². The molecule has 0 aromatic carbocycles. The molecule has 0 aliphatic carbocycles. The minimum Gasteiger partial charge on any atom is -0.356 e. The summed E-state index contributed by atoms with van der Waals surface area (Å²) in [5.74, 6) is 1.30. The monoisotopic (exact) mass is 289 g/mol. The average molecular weight is 289 g/mol. The Hall–Kier alpha value is -1.58. The lowest BCUT2D eigenvalue weighted by atomic mass is 9.91. The topological polar surface area (TPSA) is 36.4 Å². The number of hydrogen-bond acceptors (Lipinski definition) is 3. The largest absolute Gasteiger partial charge is 0.356 e. The maximum absolute atomic E-state index is 12.3. The summed E-state index contributed by atoms with van der Waals surface area (Å²) < 4.78 is 0. The maximum Gasteiger partial charge on any atom is 0.223 e. The summed E-state index contributed by atoms with van der Waals surface area (Å²) in [6.07, 6.45) is 4.48. The smallest absolute Gasteiger partial charge is 0.223 e. The number of piperidine rings is 1. The summed E-state index contributed by atoms with van der Waals surface area (Å²) in [5.41, 5.74) is 0.0556. The molecule has 2 rings (SSSR count). The van der Waals surface area contributed by atoms with Crippen LogP contribution in [0.4, 0.5) is 5.82 Å². The number of aromatic nitrogens is 1. The van der Waals surface area contributed by atoms with Gasteiger partial charge in [-0.05, 0) is 30.4 Å². The van der Waals surface area contributed by atoms with Crippen LogP contribution >= 0.6 is 0 Å². The Morgan fingerprint density at radius 1 is 1.33 bits per heavy atom. The molecule has 1 aromatic rings. The molecule has 0 bridgehead atoms. The molecule has 116 valence electrons. The number of rotatable bonds is 3. The molecule has 0 N–H and O–H groups in total. The molecule has 1 amide bonds. The minimum atomic E-state index is 0.0556. The molecule has 1 aromatic heterocycles. The standard InChI is InChI=1S/C17H27N3O/c1-17(2,3)13-16(21)19(4)14-8-11-20(12-9-14)15-7-5-6-10-18-15/h5-7,10,14H,8-9,11-13H2,1-4H3. The molecule has 1 aliphatic heterocycles. The lowest BCUT2D eigenvalue weighted by molar-refractivity contribution is -0.134. The third-order valence-corrected chi connectivity index (χ3v) is 4.06. The normalized spacial score (nSPS) is 16.9. The minimum absolute atomic E-state index is 0.0556. The lowest BCUT2D eigenvalue weighted by Gasteiger charge is -2.38. The van der Waals surface area contributed by atoms with E-state index in [2.05, 4.69) is 36.7 Å². The fourth-order valence-electron chi connectivity index (χ4n) is 2.81. The third kappa shape index (κ3) is 4.45. The summed E-state index contributed by atoms with van der Waals surface area (Å²) >= 11 is 0. The van der Waals surface area contributed by atoms with Gasteiger partial charge in [0.25, 0.3) is 0 Å². The molecule has 4 nitrogen and oxygen atoms in total. The summed E-state index contributed by atoms with van der Waals surface area (Å²) in [7, 11) is 1.95. The van der Waals surface area contributed by atoms with Crippen molar-refractivity contribution in [2.24, 2.45) is 5.41 Å². The Morgan fingerprint density at radius 3 is 2.52 bits per heavy atom. The predicted molar refractivity (Wildman–Crippen MR) is 86.3 cm³/mol. The van der Waals surface area contributed by atoms with Crippen molar-refractivity contribution in [1.82, 2.24) is 9.88 Å². The Morgan fingerprint density at radius 2 is 2.00 bits per heavy atom. The number of amides is 1. The summed E-state index contributed by atoms with van der Waals surface area (Å²) in [6.45, 7) is 8.27. The van der Waals surface area contributed by atoms with Gasteiger partial charge >= 0.3 is 0 Å². The van der Waals surface area contributed by atoms with Gasteiger partial charge in [-0.1, -0.05) is 26.8 Å². The van der Waals surface area contributed by atoms with Gasteiger partial charge in [-0.3, -0.25) is 4.79 Å². The van der Waals surface area contributed by atoms with E-state index in [0.717, 1.165) is 31.7 Å². The molecule has 0 saturated carbocycles. The van der Waals surface area contributed by atoms with Gasteiger partial charge in [0.05, 0.1) is 0 Å². The van der Waals surface area contributed by atoms with Gasteiger partial charge in [0.2, 0.25) is 5.91 Å². The number of nitrogens with zero attached hydrogens (tertiary/aromatic N) is 3. The highest BCUT2D eigenvalue weighted by Gasteiger charge is 2.27. The van der Waals surface area contributed by atoms with Crippen LogP contribution in [0.1, 0.15) is 40.0 Å². The fraction of sp³-hybridized carbons (Fsp3) is 0.647. The van der Waals surface area contributed by atoms with Crippen molar-refractivity contribution in [1.29, 1.82) is 0 Å². The van der Waals surface area contributed by atoms with Crippen LogP contribution in [0.25, 0.3) is 0 Å². The van der Waals surface area contributed by atoms with E-state index in [4.69, 9.17) is 0 Å². The fourth-order valence-corrected chi connectivity index (χ4v) is 2.81. The Bertz CT molecular complexity index is 459. The molecule has 4 heteroatoms. The zero-order valence-corrected chi connectivity index (χ0v) is 13.7. The van der Waals surface area contributed by atoms with E-state index < -0.39 is 0 Å². The highest BCUT2D eigenvalue weighted by atomic mass is 16.2. The third-order valence-electron chi connectivity index (χ3n) is 4.06. The predicted octanol–water partition coefficient (Wildman–Crippen LogP) is 2.95. The first-order chi connectivity index (χ1) is 9.87.